The summed E-state index contributed by atoms with van der Waals surface area (Å²) in [6.07, 6.45) is 0. The molecule has 0 unspecified atom stereocenters. The quantitative estimate of drug-likeness (QED) is 0.687. The van der Waals surface area contributed by atoms with Crippen LogP contribution in [0, 0.1) is 13.8 Å². The van der Waals surface area contributed by atoms with Gasteiger partial charge < -0.3 is 14.7 Å². The second-order valence-electron chi connectivity index (χ2n) is 4.92. The summed E-state index contributed by atoms with van der Waals surface area (Å²) in [4.78, 5) is 10.5. The van der Waals surface area contributed by atoms with Crippen molar-refractivity contribution in [3.05, 3.63) is 47.1 Å². The summed E-state index contributed by atoms with van der Waals surface area (Å²) in [5, 5.41) is 6.98. The molecule has 0 fully saturated rings. The summed E-state index contributed by atoms with van der Waals surface area (Å²) < 4.78 is 5.08. The van der Waals surface area contributed by atoms with Gasteiger partial charge in [0.15, 0.2) is 11.8 Å². The van der Waals surface area contributed by atoms with Crippen LogP contribution in [0.25, 0.3) is 0 Å². The van der Waals surface area contributed by atoms with E-state index in [0.29, 0.717) is 18.3 Å². The van der Waals surface area contributed by atoms with E-state index >= 15 is 0 Å². The molecule has 1 aromatic heterocycles. The van der Waals surface area contributed by atoms with E-state index in [1.807, 2.05) is 19.2 Å². The predicted octanol–water partition coefficient (Wildman–Crippen LogP) is 1.89. The fourth-order valence-corrected chi connectivity index (χ4v) is 2.07. The number of aromatic nitrogens is 2. The van der Waals surface area contributed by atoms with Crippen LogP contribution in [0.15, 0.2) is 33.8 Å². The SMILES string of the molecule is CN=C(NCc1nc(C)no1)N(C)Cc1ccccc1C. The van der Waals surface area contributed by atoms with Crippen molar-refractivity contribution >= 4 is 5.96 Å². The third-order valence-electron chi connectivity index (χ3n) is 3.21. The molecule has 0 saturated carbocycles. The molecule has 0 aliphatic rings. The second-order valence-corrected chi connectivity index (χ2v) is 4.92. The van der Waals surface area contributed by atoms with Gasteiger partial charge in [-0.1, -0.05) is 29.4 Å². The van der Waals surface area contributed by atoms with E-state index < -0.39 is 0 Å². The largest absolute Gasteiger partial charge is 0.347 e. The van der Waals surface area contributed by atoms with Gasteiger partial charge in [0.05, 0.1) is 6.54 Å². The first-order valence-corrected chi connectivity index (χ1v) is 6.85. The highest BCUT2D eigenvalue weighted by Crippen LogP contribution is 2.09. The summed E-state index contributed by atoms with van der Waals surface area (Å²) in [5.41, 5.74) is 2.55. The lowest BCUT2D eigenvalue weighted by atomic mass is 10.1. The molecule has 1 aromatic carbocycles. The molecule has 6 heteroatoms. The zero-order valence-corrected chi connectivity index (χ0v) is 12.9. The number of hydrogen-bond acceptors (Lipinski definition) is 4. The van der Waals surface area contributed by atoms with E-state index in [0.717, 1.165) is 12.5 Å². The summed E-state index contributed by atoms with van der Waals surface area (Å²) in [7, 11) is 3.76. The molecule has 0 aliphatic heterocycles. The van der Waals surface area contributed by atoms with Crippen molar-refractivity contribution in [1.82, 2.24) is 20.4 Å². The number of guanidine groups is 1. The Labute approximate surface area is 124 Å². The third-order valence-corrected chi connectivity index (χ3v) is 3.21. The average molecular weight is 287 g/mol. The molecule has 0 radical (unpaired) electrons. The van der Waals surface area contributed by atoms with E-state index in [1.165, 1.54) is 11.1 Å². The maximum absolute atomic E-state index is 5.08. The minimum absolute atomic E-state index is 0.464. The molecule has 0 spiro atoms. The molecule has 0 atom stereocenters. The number of nitrogens with zero attached hydrogens (tertiary/aromatic N) is 4. The molecule has 0 bridgehead atoms. The van der Waals surface area contributed by atoms with Gasteiger partial charge in [-0.25, -0.2) is 0 Å². The van der Waals surface area contributed by atoms with Crippen LogP contribution >= 0.6 is 0 Å². The average Bonchev–Trinajstić information content (AvgIpc) is 2.88. The second kappa shape index (κ2) is 6.88. The van der Waals surface area contributed by atoms with Crippen LogP contribution in [0.4, 0.5) is 0 Å². The van der Waals surface area contributed by atoms with Crippen molar-refractivity contribution in [2.24, 2.45) is 4.99 Å². The highest BCUT2D eigenvalue weighted by atomic mass is 16.5. The summed E-state index contributed by atoms with van der Waals surface area (Å²) in [5.74, 6) is 1.97. The molecule has 0 aliphatic carbocycles. The lowest BCUT2D eigenvalue weighted by molar-refractivity contribution is 0.368. The molecule has 0 saturated heterocycles. The minimum Gasteiger partial charge on any atom is -0.347 e. The van der Waals surface area contributed by atoms with Crippen LogP contribution in [0.2, 0.25) is 0 Å². The van der Waals surface area contributed by atoms with Crippen LogP contribution in [0.1, 0.15) is 22.8 Å². The van der Waals surface area contributed by atoms with Crippen molar-refractivity contribution in [2.45, 2.75) is 26.9 Å². The van der Waals surface area contributed by atoms with Crippen molar-refractivity contribution < 1.29 is 4.52 Å². The van der Waals surface area contributed by atoms with Gasteiger partial charge in [-0.05, 0) is 25.0 Å². The lowest BCUT2D eigenvalue weighted by Gasteiger charge is -2.22. The molecule has 6 nitrogen and oxygen atoms in total. The third kappa shape index (κ3) is 4.05. The number of aliphatic imine (C=N–C) groups is 1. The van der Waals surface area contributed by atoms with E-state index in [4.69, 9.17) is 4.52 Å². The first-order valence-electron chi connectivity index (χ1n) is 6.85. The van der Waals surface area contributed by atoms with Crippen molar-refractivity contribution in [2.75, 3.05) is 14.1 Å². The fraction of sp³-hybridized carbons (Fsp3) is 0.400. The first-order chi connectivity index (χ1) is 10.1. The Morgan fingerprint density at radius 1 is 1.33 bits per heavy atom. The van der Waals surface area contributed by atoms with E-state index in [-0.39, 0.29) is 0 Å². The van der Waals surface area contributed by atoms with E-state index in [9.17, 15) is 0 Å². The first kappa shape index (κ1) is 15.0. The molecule has 112 valence electrons. The van der Waals surface area contributed by atoms with Crippen molar-refractivity contribution in [1.29, 1.82) is 0 Å². The Morgan fingerprint density at radius 2 is 2.10 bits per heavy atom. The summed E-state index contributed by atoms with van der Waals surface area (Å²) >= 11 is 0. The van der Waals surface area contributed by atoms with Crippen LogP contribution in [0.5, 0.6) is 0 Å². The predicted molar refractivity (Wildman–Crippen MR) is 81.9 cm³/mol. The Balaban J connectivity index is 1.96. The molecule has 1 N–H and O–H groups in total. The van der Waals surface area contributed by atoms with E-state index in [1.54, 1.807) is 14.0 Å². The Morgan fingerprint density at radius 3 is 2.71 bits per heavy atom. The highest BCUT2D eigenvalue weighted by molar-refractivity contribution is 5.79. The summed E-state index contributed by atoms with van der Waals surface area (Å²) in [6, 6.07) is 8.33. The minimum atomic E-state index is 0.464. The molecule has 1 heterocycles. The van der Waals surface area contributed by atoms with Crippen LogP contribution < -0.4 is 5.32 Å². The van der Waals surface area contributed by atoms with Gasteiger partial charge in [-0.15, -0.1) is 0 Å². The van der Waals surface area contributed by atoms with Gasteiger partial charge in [0.2, 0.25) is 5.89 Å². The Bertz CT molecular complexity index is 620. The Hall–Kier alpha value is -2.37. The van der Waals surface area contributed by atoms with Crippen LogP contribution in [0.3, 0.4) is 0 Å². The molecular weight excluding hydrogens is 266 g/mol. The van der Waals surface area contributed by atoms with Crippen LogP contribution in [-0.2, 0) is 13.1 Å². The highest BCUT2D eigenvalue weighted by Gasteiger charge is 2.09. The van der Waals surface area contributed by atoms with Gasteiger partial charge in [0.25, 0.3) is 0 Å². The zero-order chi connectivity index (χ0) is 15.2. The maximum Gasteiger partial charge on any atom is 0.246 e. The monoisotopic (exact) mass is 287 g/mol. The van der Waals surface area contributed by atoms with Gasteiger partial charge in [-0.2, -0.15) is 4.98 Å². The molecule has 0 amide bonds. The zero-order valence-electron chi connectivity index (χ0n) is 12.9. The van der Waals surface area contributed by atoms with Gasteiger partial charge in [0, 0.05) is 20.6 Å². The number of nitrogens with one attached hydrogen (secondary N) is 1. The molecule has 21 heavy (non-hydrogen) atoms. The smallest absolute Gasteiger partial charge is 0.246 e. The van der Waals surface area contributed by atoms with Gasteiger partial charge in [0.1, 0.15) is 0 Å². The topological polar surface area (TPSA) is 66.5 Å². The van der Waals surface area contributed by atoms with Gasteiger partial charge in [-0.3, -0.25) is 4.99 Å². The van der Waals surface area contributed by atoms with Gasteiger partial charge >= 0.3 is 0 Å². The number of rotatable bonds is 4. The standard InChI is InChI=1S/C15H21N5O/c1-11-7-5-6-8-13(11)10-20(4)15(16-3)17-9-14-18-12(2)19-21-14/h5-8H,9-10H2,1-4H3,(H,16,17). The maximum atomic E-state index is 5.08. The number of benzene rings is 1. The van der Waals surface area contributed by atoms with Crippen molar-refractivity contribution in [3.8, 4) is 0 Å². The van der Waals surface area contributed by atoms with E-state index in [2.05, 4.69) is 44.4 Å². The lowest BCUT2D eigenvalue weighted by Crippen LogP contribution is -2.38. The summed E-state index contributed by atoms with van der Waals surface area (Å²) in [6.45, 7) is 5.16. The molecular formula is C15H21N5O. The normalized spacial score (nSPS) is 11.5. The molecule has 2 rings (SSSR count). The number of aryl methyl sites for hydroxylation is 2. The Kier molecular flexibility index (Phi) is 4.92. The fourth-order valence-electron chi connectivity index (χ4n) is 2.07. The van der Waals surface area contributed by atoms with Crippen LogP contribution in [-0.4, -0.2) is 35.1 Å². The number of hydrogen-bond donors (Lipinski definition) is 1. The molecule has 2 aromatic rings. The van der Waals surface area contributed by atoms with Crippen molar-refractivity contribution in [3.63, 3.8) is 0 Å².